The van der Waals surface area contributed by atoms with Gasteiger partial charge in [0.15, 0.2) is 0 Å². The van der Waals surface area contributed by atoms with Gasteiger partial charge in [-0.05, 0) is 36.3 Å². The summed E-state index contributed by atoms with van der Waals surface area (Å²) in [6.07, 6.45) is 2.11. The number of methoxy groups -OCH3 is 1. The lowest BCUT2D eigenvalue weighted by Gasteiger charge is -2.36. The van der Waals surface area contributed by atoms with Gasteiger partial charge in [0.05, 0.1) is 24.0 Å². The first kappa shape index (κ1) is 16.3. The lowest BCUT2D eigenvalue weighted by Crippen LogP contribution is -2.43. The van der Waals surface area contributed by atoms with Crippen molar-refractivity contribution in [2.24, 2.45) is 16.7 Å². The van der Waals surface area contributed by atoms with Crippen molar-refractivity contribution >= 4 is 21.5 Å². The van der Waals surface area contributed by atoms with Crippen LogP contribution in [0.15, 0.2) is 24.3 Å². The summed E-state index contributed by atoms with van der Waals surface area (Å²) < 4.78 is 33.2. The van der Waals surface area contributed by atoms with Crippen molar-refractivity contribution in [3.05, 3.63) is 24.3 Å². The second kappa shape index (κ2) is 5.23. The van der Waals surface area contributed by atoms with Gasteiger partial charge in [-0.15, -0.1) is 0 Å². The average molecular weight is 337 g/mol. The van der Waals surface area contributed by atoms with E-state index in [1.165, 1.54) is 7.11 Å². The van der Waals surface area contributed by atoms with Crippen molar-refractivity contribution in [2.45, 2.75) is 33.1 Å². The molecule has 2 aliphatic carbocycles. The van der Waals surface area contributed by atoms with Crippen LogP contribution in [0.3, 0.4) is 0 Å². The lowest BCUT2D eigenvalue weighted by atomic mass is 9.70. The van der Waals surface area contributed by atoms with E-state index in [0.717, 1.165) is 6.42 Å². The van der Waals surface area contributed by atoms with Gasteiger partial charge in [0, 0.05) is 6.42 Å². The van der Waals surface area contributed by atoms with Crippen molar-refractivity contribution in [2.75, 3.05) is 17.6 Å². The van der Waals surface area contributed by atoms with Crippen molar-refractivity contribution in [1.82, 2.24) is 0 Å². The molecule has 0 radical (unpaired) electrons. The van der Waals surface area contributed by atoms with E-state index in [9.17, 15) is 13.2 Å². The number of rotatable bonds is 5. The van der Waals surface area contributed by atoms with Crippen LogP contribution >= 0.6 is 0 Å². The number of carbonyl (C=O) groups excluding carboxylic acids is 1. The Bertz CT molecular complexity index is 741. The number of para-hydroxylation sites is 2. The van der Waals surface area contributed by atoms with Crippen LogP contribution in [0, 0.1) is 16.7 Å². The highest BCUT2D eigenvalue weighted by atomic mass is 32.2. The van der Waals surface area contributed by atoms with Gasteiger partial charge in [-0.2, -0.15) is 0 Å². The molecular formula is C17H23NO4S. The molecule has 0 amide bonds. The first-order valence-corrected chi connectivity index (χ1v) is 9.54. The van der Waals surface area contributed by atoms with E-state index in [1.54, 1.807) is 24.3 Å². The molecule has 0 unspecified atom stereocenters. The second-order valence-corrected chi connectivity index (χ2v) is 8.95. The third-order valence-electron chi connectivity index (χ3n) is 5.95. The molecule has 3 rings (SSSR count). The number of carbonyl (C=O) groups is 1. The molecule has 2 bridgehead atoms. The van der Waals surface area contributed by atoms with Crippen LogP contribution in [0.5, 0.6) is 5.75 Å². The zero-order valence-electron chi connectivity index (χ0n) is 13.8. The zero-order valence-corrected chi connectivity index (χ0v) is 14.6. The Morgan fingerprint density at radius 1 is 1.30 bits per heavy atom. The molecule has 23 heavy (non-hydrogen) atoms. The van der Waals surface area contributed by atoms with Crippen LogP contribution in [0.4, 0.5) is 5.69 Å². The van der Waals surface area contributed by atoms with E-state index in [4.69, 9.17) is 4.74 Å². The number of hydrogen-bond acceptors (Lipinski definition) is 4. The summed E-state index contributed by atoms with van der Waals surface area (Å²) in [5.41, 5.74) is -0.616. The molecule has 1 N–H and O–H groups in total. The van der Waals surface area contributed by atoms with Gasteiger partial charge in [0.25, 0.3) is 0 Å². The van der Waals surface area contributed by atoms with E-state index in [0.29, 0.717) is 30.2 Å². The summed E-state index contributed by atoms with van der Waals surface area (Å²) in [6, 6.07) is 6.88. The van der Waals surface area contributed by atoms with Crippen molar-refractivity contribution < 1.29 is 17.9 Å². The Kier molecular flexibility index (Phi) is 3.71. The largest absolute Gasteiger partial charge is 0.495 e. The van der Waals surface area contributed by atoms with Gasteiger partial charge >= 0.3 is 0 Å². The Morgan fingerprint density at radius 2 is 2.00 bits per heavy atom. The summed E-state index contributed by atoms with van der Waals surface area (Å²) >= 11 is 0. The van der Waals surface area contributed by atoms with Gasteiger partial charge in [0.1, 0.15) is 11.5 Å². The molecule has 2 saturated carbocycles. The highest BCUT2D eigenvalue weighted by Crippen LogP contribution is 2.64. The third-order valence-corrected chi connectivity index (χ3v) is 7.35. The number of ether oxygens (including phenoxy) is 1. The van der Waals surface area contributed by atoms with E-state index in [-0.39, 0.29) is 17.0 Å². The molecule has 126 valence electrons. The molecule has 2 aliphatic rings. The van der Waals surface area contributed by atoms with E-state index >= 15 is 0 Å². The molecule has 1 aromatic rings. The molecule has 0 aromatic heterocycles. The highest BCUT2D eigenvalue weighted by Gasteiger charge is 2.65. The maximum Gasteiger partial charge on any atom is 0.233 e. The van der Waals surface area contributed by atoms with Crippen LogP contribution in [0.2, 0.25) is 0 Å². The summed E-state index contributed by atoms with van der Waals surface area (Å²) in [6.45, 7) is 4.07. The molecule has 0 saturated heterocycles. The average Bonchev–Trinajstić information content (AvgIpc) is 2.81. The predicted molar refractivity (Wildman–Crippen MR) is 89.0 cm³/mol. The molecule has 0 aliphatic heterocycles. The zero-order chi connectivity index (χ0) is 16.9. The smallest absolute Gasteiger partial charge is 0.233 e. The van der Waals surface area contributed by atoms with Crippen molar-refractivity contribution in [1.29, 1.82) is 0 Å². The van der Waals surface area contributed by atoms with Gasteiger partial charge in [-0.3, -0.25) is 9.52 Å². The fourth-order valence-corrected chi connectivity index (χ4v) is 6.27. The molecule has 0 heterocycles. The molecule has 6 heteroatoms. The molecule has 2 fully saturated rings. The standard InChI is InChI=1S/C17H23NO4S/c1-16(2)12-8-9-17(16,15(19)10-12)11-23(20,21)18-13-6-4-5-7-14(13)22-3/h4-7,12,18H,8-11H2,1-3H3/t12-,17+/m1/s1. The fourth-order valence-electron chi connectivity index (χ4n) is 4.37. The minimum atomic E-state index is -3.65. The SMILES string of the molecule is COc1ccccc1NS(=O)(=O)C[C@@]12CC[C@H](CC1=O)C2(C)C. The van der Waals surface area contributed by atoms with Gasteiger partial charge in [-0.1, -0.05) is 26.0 Å². The molecule has 0 spiro atoms. The highest BCUT2D eigenvalue weighted by molar-refractivity contribution is 7.92. The van der Waals surface area contributed by atoms with Crippen molar-refractivity contribution in [3.63, 3.8) is 0 Å². The minimum Gasteiger partial charge on any atom is -0.495 e. The minimum absolute atomic E-state index is 0.101. The topological polar surface area (TPSA) is 72.5 Å². The maximum absolute atomic E-state index is 12.7. The van der Waals surface area contributed by atoms with Crippen LogP contribution in [-0.2, 0) is 14.8 Å². The predicted octanol–water partition coefficient (Wildman–Crippen LogP) is 2.83. The molecule has 1 aromatic carbocycles. The number of nitrogens with one attached hydrogen (secondary N) is 1. The number of anilines is 1. The van der Waals surface area contributed by atoms with Crippen LogP contribution < -0.4 is 9.46 Å². The molecule has 2 atom stereocenters. The second-order valence-electron chi connectivity index (χ2n) is 7.23. The molecule has 5 nitrogen and oxygen atoms in total. The van der Waals surface area contributed by atoms with Crippen molar-refractivity contribution in [3.8, 4) is 5.75 Å². The number of hydrogen-bond donors (Lipinski definition) is 1. The first-order chi connectivity index (χ1) is 10.7. The first-order valence-electron chi connectivity index (χ1n) is 7.89. The fraction of sp³-hybridized carbons (Fsp3) is 0.588. The Morgan fingerprint density at radius 3 is 2.57 bits per heavy atom. The number of Topliss-reactive ketones (excluding diaryl/α,β-unsaturated/α-hetero) is 1. The van der Waals surface area contributed by atoms with Crippen LogP contribution in [-0.4, -0.2) is 27.1 Å². The van der Waals surface area contributed by atoms with E-state index < -0.39 is 15.4 Å². The summed E-state index contributed by atoms with van der Waals surface area (Å²) in [5, 5.41) is 0. The normalized spacial score (nSPS) is 28.8. The summed E-state index contributed by atoms with van der Waals surface area (Å²) in [7, 11) is -2.15. The third kappa shape index (κ3) is 2.43. The van der Waals surface area contributed by atoms with E-state index in [2.05, 4.69) is 4.72 Å². The van der Waals surface area contributed by atoms with Gasteiger partial charge in [0.2, 0.25) is 10.0 Å². The van der Waals surface area contributed by atoms with Crippen LogP contribution in [0.25, 0.3) is 0 Å². The summed E-state index contributed by atoms with van der Waals surface area (Å²) in [5.74, 6) is 0.718. The summed E-state index contributed by atoms with van der Waals surface area (Å²) in [4.78, 5) is 12.5. The Balaban J connectivity index is 1.88. The number of sulfonamides is 1. The Hall–Kier alpha value is -1.56. The Labute approximate surface area is 137 Å². The van der Waals surface area contributed by atoms with Gasteiger partial charge in [-0.25, -0.2) is 8.42 Å². The lowest BCUT2D eigenvalue weighted by molar-refractivity contribution is -0.128. The maximum atomic E-state index is 12.7. The molecular weight excluding hydrogens is 314 g/mol. The van der Waals surface area contributed by atoms with Gasteiger partial charge < -0.3 is 4.74 Å². The van der Waals surface area contributed by atoms with Crippen LogP contribution in [0.1, 0.15) is 33.1 Å². The quantitative estimate of drug-likeness (QED) is 0.897. The van der Waals surface area contributed by atoms with E-state index in [1.807, 2.05) is 13.8 Å². The number of benzene rings is 1. The number of ketones is 1. The monoisotopic (exact) mass is 337 g/mol. The number of fused-ring (bicyclic) bond motifs is 2.